The van der Waals surface area contributed by atoms with Gasteiger partial charge in [0.2, 0.25) is 5.91 Å². The lowest BCUT2D eigenvalue weighted by atomic mass is 9.79. The van der Waals surface area contributed by atoms with Crippen molar-refractivity contribution in [2.75, 3.05) is 13.1 Å². The second-order valence-corrected chi connectivity index (χ2v) is 6.66. The van der Waals surface area contributed by atoms with Crippen molar-refractivity contribution < 1.29 is 14.7 Å². The lowest BCUT2D eigenvalue weighted by Crippen LogP contribution is -2.53. The van der Waals surface area contributed by atoms with Gasteiger partial charge < -0.3 is 10.0 Å². The molecule has 4 nitrogen and oxygen atoms in total. The van der Waals surface area contributed by atoms with Crippen LogP contribution in [0.5, 0.6) is 0 Å². The molecule has 18 heavy (non-hydrogen) atoms. The standard InChI is InChI=1S/C14H25NO3/c1-9(14(3,4)5)6-12(16)15-7-11(8-15)10(2)13(17)18/h9-11H,6-8H2,1-5H3,(H,17,18). The number of carboxylic acids is 1. The van der Waals surface area contributed by atoms with Gasteiger partial charge in [0.1, 0.15) is 0 Å². The first-order chi connectivity index (χ1) is 8.12. The molecule has 2 atom stereocenters. The molecule has 0 aromatic rings. The lowest BCUT2D eigenvalue weighted by Gasteiger charge is -2.42. The molecule has 0 aliphatic carbocycles. The number of rotatable bonds is 4. The zero-order valence-corrected chi connectivity index (χ0v) is 12.1. The van der Waals surface area contributed by atoms with E-state index in [0.717, 1.165) is 0 Å². The largest absolute Gasteiger partial charge is 0.481 e. The van der Waals surface area contributed by atoms with E-state index in [2.05, 4.69) is 27.7 Å². The van der Waals surface area contributed by atoms with Crippen molar-refractivity contribution in [3.05, 3.63) is 0 Å². The first-order valence-electron chi connectivity index (χ1n) is 6.63. The first-order valence-corrected chi connectivity index (χ1v) is 6.63. The highest BCUT2D eigenvalue weighted by molar-refractivity contribution is 5.78. The predicted octanol–water partition coefficient (Wildman–Crippen LogP) is 2.24. The van der Waals surface area contributed by atoms with Gasteiger partial charge in [-0.15, -0.1) is 0 Å². The third-order valence-electron chi connectivity index (χ3n) is 4.32. The van der Waals surface area contributed by atoms with E-state index in [1.165, 1.54) is 0 Å². The van der Waals surface area contributed by atoms with Crippen molar-refractivity contribution in [2.24, 2.45) is 23.2 Å². The Morgan fingerprint density at radius 2 is 1.78 bits per heavy atom. The summed E-state index contributed by atoms with van der Waals surface area (Å²) in [5.41, 5.74) is 0.133. The average molecular weight is 255 g/mol. The Morgan fingerprint density at radius 3 is 2.17 bits per heavy atom. The van der Waals surface area contributed by atoms with E-state index in [0.29, 0.717) is 25.4 Å². The maximum Gasteiger partial charge on any atom is 0.306 e. The summed E-state index contributed by atoms with van der Waals surface area (Å²) in [6.45, 7) is 11.4. The van der Waals surface area contributed by atoms with Gasteiger partial charge in [-0.3, -0.25) is 9.59 Å². The van der Waals surface area contributed by atoms with Gasteiger partial charge in [-0.1, -0.05) is 34.6 Å². The molecule has 0 saturated carbocycles. The smallest absolute Gasteiger partial charge is 0.306 e. The Morgan fingerprint density at radius 1 is 1.28 bits per heavy atom. The van der Waals surface area contributed by atoms with Gasteiger partial charge >= 0.3 is 5.97 Å². The molecule has 1 aliphatic heterocycles. The summed E-state index contributed by atoms with van der Waals surface area (Å²) in [7, 11) is 0. The molecule has 1 saturated heterocycles. The van der Waals surface area contributed by atoms with Gasteiger partial charge in [0.25, 0.3) is 0 Å². The highest BCUT2D eigenvalue weighted by Crippen LogP contribution is 2.31. The quantitative estimate of drug-likeness (QED) is 0.838. The fourth-order valence-electron chi connectivity index (χ4n) is 1.93. The van der Waals surface area contributed by atoms with Gasteiger partial charge in [-0.2, -0.15) is 0 Å². The van der Waals surface area contributed by atoms with Crippen LogP contribution in [0.1, 0.15) is 41.0 Å². The monoisotopic (exact) mass is 255 g/mol. The van der Waals surface area contributed by atoms with Crippen LogP contribution >= 0.6 is 0 Å². The second kappa shape index (κ2) is 5.29. The summed E-state index contributed by atoms with van der Waals surface area (Å²) in [5.74, 6) is -0.507. The number of carbonyl (C=O) groups is 2. The summed E-state index contributed by atoms with van der Waals surface area (Å²) in [6.07, 6.45) is 0.553. The number of amides is 1. The zero-order valence-electron chi connectivity index (χ0n) is 12.1. The van der Waals surface area contributed by atoms with Crippen molar-refractivity contribution >= 4 is 11.9 Å². The third-order valence-corrected chi connectivity index (χ3v) is 4.32. The molecule has 0 bridgehead atoms. The number of nitrogens with zero attached hydrogens (tertiary/aromatic N) is 1. The molecule has 0 aromatic heterocycles. The molecule has 1 rings (SSSR count). The van der Waals surface area contributed by atoms with Crippen LogP contribution in [0.2, 0.25) is 0 Å². The van der Waals surface area contributed by atoms with Crippen LogP contribution in [0.4, 0.5) is 0 Å². The molecular weight excluding hydrogens is 230 g/mol. The van der Waals surface area contributed by atoms with Crippen molar-refractivity contribution in [1.29, 1.82) is 0 Å². The van der Waals surface area contributed by atoms with Gasteiger partial charge in [0.15, 0.2) is 0 Å². The van der Waals surface area contributed by atoms with E-state index < -0.39 is 5.97 Å². The minimum Gasteiger partial charge on any atom is -0.481 e. The Kier molecular flexibility index (Phi) is 4.41. The van der Waals surface area contributed by atoms with Crippen molar-refractivity contribution in [3.63, 3.8) is 0 Å². The fraction of sp³-hybridized carbons (Fsp3) is 0.857. The summed E-state index contributed by atoms with van der Waals surface area (Å²) < 4.78 is 0. The van der Waals surface area contributed by atoms with E-state index >= 15 is 0 Å². The Balaban J connectivity index is 2.38. The van der Waals surface area contributed by atoms with Crippen LogP contribution in [0.3, 0.4) is 0 Å². The van der Waals surface area contributed by atoms with Crippen LogP contribution < -0.4 is 0 Å². The van der Waals surface area contributed by atoms with E-state index in [1.54, 1.807) is 11.8 Å². The van der Waals surface area contributed by atoms with Gasteiger partial charge in [-0.25, -0.2) is 0 Å². The predicted molar refractivity (Wildman–Crippen MR) is 70.1 cm³/mol. The molecule has 0 spiro atoms. The molecule has 0 aromatic carbocycles. The zero-order chi connectivity index (χ0) is 14.1. The molecule has 1 heterocycles. The molecule has 2 unspecified atom stereocenters. The Labute approximate surface area is 109 Å². The van der Waals surface area contributed by atoms with E-state index in [4.69, 9.17) is 5.11 Å². The fourth-order valence-corrected chi connectivity index (χ4v) is 1.93. The van der Waals surface area contributed by atoms with Crippen LogP contribution in [-0.4, -0.2) is 35.0 Å². The van der Waals surface area contributed by atoms with Gasteiger partial charge in [0.05, 0.1) is 5.92 Å². The van der Waals surface area contributed by atoms with Gasteiger partial charge in [-0.05, 0) is 11.3 Å². The summed E-state index contributed by atoms with van der Waals surface area (Å²) in [4.78, 5) is 24.6. The Hall–Kier alpha value is -1.06. The molecule has 4 heteroatoms. The minimum atomic E-state index is -0.768. The first kappa shape index (κ1) is 15.0. The SMILES string of the molecule is CC(C(=O)O)C1CN(C(=O)CC(C)C(C)(C)C)C1. The topological polar surface area (TPSA) is 57.6 Å². The van der Waals surface area contributed by atoms with Crippen LogP contribution in [-0.2, 0) is 9.59 Å². The van der Waals surface area contributed by atoms with Crippen LogP contribution in [0, 0.1) is 23.2 Å². The highest BCUT2D eigenvalue weighted by Gasteiger charge is 2.37. The maximum absolute atomic E-state index is 12.0. The number of hydrogen-bond donors (Lipinski definition) is 1. The summed E-state index contributed by atoms with van der Waals surface area (Å²) in [5, 5.41) is 8.89. The third kappa shape index (κ3) is 3.47. The van der Waals surface area contributed by atoms with Crippen molar-refractivity contribution in [1.82, 2.24) is 4.90 Å². The molecule has 1 N–H and O–H groups in total. The van der Waals surface area contributed by atoms with Crippen molar-refractivity contribution in [2.45, 2.75) is 41.0 Å². The minimum absolute atomic E-state index is 0.122. The van der Waals surface area contributed by atoms with Crippen molar-refractivity contribution in [3.8, 4) is 0 Å². The molecule has 1 fully saturated rings. The number of carboxylic acid groups (broad SMARTS) is 1. The normalized spacial score (nSPS) is 20.2. The number of likely N-dealkylation sites (tertiary alicyclic amines) is 1. The van der Waals surface area contributed by atoms with Crippen LogP contribution in [0.15, 0.2) is 0 Å². The van der Waals surface area contributed by atoms with E-state index in [9.17, 15) is 9.59 Å². The van der Waals surface area contributed by atoms with Gasteiger partial charge in [0, 0.05) is 25.4 Å². The summed E-state index contributed by atoms with van der Waals surface area (Å²) in [6, 6.07) is 0. The second-order valence-electron chi connectivity index (χ2n) is 6.66. The highest BCUT2D eigenvalue weighted by atomic mass is 16.4. The summed E-state index contributed by atoms with van der Waals surface area (Å²) >= 11 is 0. The molecule has 1 amide bonds. The maximum atomic E-state index is 12.0. The number of hydrogen-bond acceptors (Lipinski definition) is 2. The molecule has 0 radical (unpaired) electrons. The van der Waals surface area contributed by atoms with E-state index in [-0.39, 0.29) is 23.2 Å². The van der Waals surface area contributed by atoms with E-state index in [1.807, 2.05) is 0 Å². The number of carbonyl (C=O) groups excluding carboxylic acids is 1. The molecular formula is C14H25NO3. The Bertz CT molecular complexity index is 326. The van der Waals surface area contributed by atoms with Crippen LogP contribution in [0.25, 0.3) is 0 Å². The molecule has 104 valence electrons. The number of aliphatic carboxylic acids is 1. The molecule has 1 aliphatic rings. The lowest BCUT2D eigenvalue weighted by molar-refractivity contribution is -0.151. The average Bonchev–Trinajstić information content (AvgIpc) is 2.13.